The van der Waals surface area contributed by atoms with Crippen LogP contribution in [0.15, 0.2) is 36.4 Å². The van der Waals surface area contributed by atoms with Gasteiger partial charge >= 0.3 is 67.4 Å². The van der Waals surface area contributed by atoms with Gasteiger partial charge in [-0.25, -0.2) is 9.36 Å². The van der Waals surface area contributed by atoms with Crippen molar-refractivity contribution in [1.82, 2.24) is 34.5 Å². The quantitative estimate of drug-likeness (QED) is 0.164. The molecule has 3 aromatic heterocycles. The molecule has 0 saturated heterocycles. The van der Waals surface area contributed by atoms with Crippen molar-refractivity contribution in [2.24, 2.45) is 5.41 Å². The van der Waals surface area contributed by atoms with E-state index in [2.05, 4.69) is 53.2 Å². The number of aryl methyl sites for hydroxylation is 4. The van der Waals surface area contributed by atoms with Crippen LogP contribution in [0.2, 0.25) is 0 Å². The minimum atomic E-state index is -6.50. The fraction of sp³-hybridized carbons (Fsp3) is 0.545. The average molecular weight is 869 g/mol. The maximum atomic E-state index is 13.0. The van der Waals surface area contributed by atoms with Gasteiger partial charge < -0.3 is 15.1 Å². The molecular weight excluding hydrogens is 825 g/mol. The predicted molar refractivity (Wildman–Crippen MR) is 174 cm³/mol. The van der Waals surface area contributed by atoms with Gasteiger partial charge in [-0.2, -0.15) is 55.9 Å². The van der Waals surface area contributed by atoms with Crippen molar-refractivity contribution in [3.05, 3.63) is 59.2 Å². The Morgan fingerprint density at radius 1 is 0.706 bits per heavy atom. The zero-order valence-electron chi connectivity index (χ0n) is 29.7. The Morgan fingerprint density at radius 3 is 1.47 bits per heavy atom. The summed E-state index contributed by atoms with van der Waals surface area (Å²) in [6, 6.07) is 12.3. The largest absolute Gasteiger partial charge is 3.00 e. The van der Waals surface area contributed by atoms with E-state index in [1.165, 1.54) is 26.5 Å². The molecule has 0 aliphatic rings. The topological polar surface area (TPSA) is 118 Å². The first-order valence-electron chi connectivity index (χ1n) is 15.8. The number of anilines is 1. The minimum absolute atomic E-state index is 0. The van der Waals surface area contributed by atoms with Crippen molar-refractivity contribution in [2.75, 3.05) is 18.0 Å². The molecule has 0 aliphatic carbocycles. The molecule has 0 spiro atoms. The molecule has 1 aromatic carbocycles. The molecule has 2 unspecified atom stereocenters. The van der Waals surface area contributed by atoms with E-state index < -0.39 is 42.1 Å². The summed E-state index contributed by atoms with van der Waals surface area (Å²) in [4.78, 5) is 16.5. The maximum absolute atomic E-state index is 13.0. The summed E-state index contributed by atoms with van der Waals surface area (Å²) in [5.74, 6) is -10.6. The van der Waals surface area contributed by atoms with Crippen LogP contribution in [0.1, 0.15) is 63.8 Å². The third kappa shape index (κ3) is 10.3. The molecule has 0 aliphatic heterocycles. The first kappa shape index (κ1) is 44.6. The van der Waals surface area contributed by atoms with Crippen LogP contribution in [0.25, 0.3) is 23.3 Å². The van der Waals surface area contributed by atoms with Gasteiger partial charge in [0.15, 0.2) is 5.82 Å². The molecule has 0 fully saturated rings. The first-order valence-corrected chi connectivity index (χ1v) is 15.8. The second kappa shape index (κ2) is 17.1. The molecule has 2 atom stereocenters. The van der Waals surface area contributed by atoms with Crippen molar-refractivity contribution >= 4 is 5.69 Å². The first-order chi connectivity index (χ1) is 22.9. The number of alkyl halides is 7. The fourth-order valence-electron chi connectivity index (χ4n) is 4.86. The van der Waals surface area contributed by atoms with Crippen LogP contribution in [0.4, 0.5) is 36.4 Å². The molecule has 18 heteroatoms. The van der Waals surface area contributed by atoms with Crippen molar-refractivity contribution in [1.29, 1.82) is 0 Å². The number of hydrogen-bond donors (Lipinski definition) is 2. The van der Waals surface area contributed by atoms with Crippen LogP contribution in [0, 0.1) is 82.5 Å². The van der Waals surface area contributed by atoms with Gasteiger partial charge in [-0.1, -0.05) is 20.8 Å². The number of nitrogens with zero attached hydrogens (tertiary/aromatic N) is 8. The van der Waals surface area contributed by atoms with Crippen molar-refractivity contribution < 1.29 is 90.3 Å². The van der Waals surface area contributed by atoms with Crippen LogP contribution in [0.3, 0.4) is 0 Å². The van der Waals surface area contributed by atoms with E-state index in [0.29, 0.717) is 17.7 Å². The van der Waals surface area contributed by atoms with Crippen molar-refractivity contribution in [3.8, 4) is 23.3 Å². The van der Waals surface area contributed by atoms with Crippen LogP contribution in [0.5, 0.6) is 0 Å². The summed E-state index contributed by atoms with van der Waals surface area (Å²) in [5, 5.41) is 27.4. The maximum Gasteiger partial charge on any atom is 3.00 e. The van der Waals surface area contributed by atoms with Gasteiger partial charge in [-0.05, 0) is 83.4 Å². The summed E-state index contributed by atoms with van der Waals surface area (Å²) in [5.41, 5.74) is 4.80. The number of aromatic nitrogens is 7. The van der Waals surface area contributed by atoms with Crippen LogP contribution < -0.4 is 4.90 Å². The van der Waals surface area contributed by atoms with Crippen LogP contribution in [-0.4, -0.2) is 88.0 Å². The van der Waals surface area contributed by atoms with E-state index in [1.54, 1.807) is 9.36 Å². The molecule has 280 valence electrons. The molecule has 0 bridgehead atoms. The van der Waals surface area contributed by atoms with Crippen molar-refractivity contribution in [3.63, 3.8) is 0 Å². The van der Waals surface area contributed by atoms with E-state index in [9.17, 15) is 35.8 Å². The minimum Gasteiger partial charge on any atom is -0.392 e. The zero-order valence-corrected chi connectivity index (χ0v) is 32.2. The molecule has 3 heterocycles. The molecular formula is C33H43EuF7N8O2+3. The SMILES string of the molecule is CC(C)(C)C(O)CC(O)C(F)(F)C(F)(F)C(F)(F)F.CCN(CC)c1ccc(-c2nc(-n3nc(C)cc3C)nc(-n3nc(C)cc3C)n2)cc1.[Eu+3]. The molecule has 0 amide bonds. The van der Waals surface area contributed by atoms with E-state index in [1.807, 2.05) is 39.8 Å². The van der Waals surface area contributed by atoms with Gasteiger partial charge in [-0.3, -0.25) is 0 Å². The standard InChI is InChI=1S/C23H28N8.C10H15F7O2.Eu/c1-7-29(8-2)20-11-9-19(10-12-20)21-24-22(30-17(5)13-15(3)27-30)26-23(25-21)31-18(6)14-16(4)28-31;1-7(2,3)5(18)4-6(19)8(11,12)9(13,14)10(15,16)17;/h9-14H,7-8H2,1-6H3;5-6,18-19H,4H2,1-3H3;/q;;+3. The van der Waals surface area contributed by atoms with Gasteiger partial charge in [0.25, 0.3) is 11.9 Å². The Hall–Kier alpha value is -2.54. The zero-order chi connectivity index (χ0) is 38.0. The molecule has 4 aromatic rings. The van der Waals surface area contributed by atoms with Crippen LogP contribution >= 0.6 is 0 Å². The van der Waals surface area contributed by atoms with Gasteiger partial charge in [0.05, 0.1) is 17.5 Å². The van der Waals surface area contributed by atoms with E-state index >= 15 is 0 Å². The van der Waals surface area contributed by atoms with Gasteiger partial charge in [0.1, 0.15) is 6.10 Å². The molecule has 51 heavy (non-hydrogen) atoms. The molecule has 4 rings (SSSR count). The third-order valence-electron chi connectivity index (χ3n) is 7.90. The monoisotopic (exact) mass is 869 g/mol. The number of benzene rings is 1. The van der Waals surface area contributed by atoms with Gasteiger partial charge in [0, 0.05) is 42.1 Å². The summed E-state index contributed by atoms with van der Waals surface area (Å²) in [6.45, 7) is 18.2. The molecule has 10 nitrogen and oxygen atoms in total. The average Bonchev–Trinajstić information content (AvgIpc) is 3.55. The van der Waals surface area contributed by atoms with E-state index in [4.69, 9.17) is 20.1 Å². The summed E-state index contributed by atoms with van der Waals surface area (Å²) in [6.07, 6.45) is -12.8. The smallest absolute Gasteiger partial charge is 0.392 e. The number of aliphatic hydroxyl groups excluding tert-OH is 2. The van der Waals surface area contributed by atoms with Gasteiger partial charge in [0.2, 0.25) is 0 Å². The number of aliphatic hydroxyl groups is 2. The number of halogens is 7. The van der Waals surface area contributed by atoms with E-state index in [-0.39, 0.29) is 49.4 Å². The summed E-state index contributed by atoms with van der Waals surface area (Å²) in [7, 11) is 0. The summed E-state index contributed by atoms with van der Waals surface area (Å²) >= 11 is 0. The predicted octanol–water partition coefficient (Wildman–Crippen LogP) is 6.97. The molecule has 0 radical (unpaired) electrons. The third-order valence-corrected chi connectivity index (χ3v) is 7.90. The molecule has 0 saturated carbocycles. The Bertz CT molecular complexity index is 1670. The number of rotatable bonds is 10. The number of hydrogen-bond acceptors (Lipinski definition) is 8. The Kier molecular flexibility index (Phi) is 14.9. The van der Waals surface area contributed by atoms with Crippen molar-refractivity contribution in [2.45, 2.75) is 99.0 Å². The Labute approximate surface area is 333 Å². The normalized spacial score (nSPS) is 13.6. The van der Waals surface area contributed by atoms with E-state index in [0.717, 1.165) is 41.4 Å². The fourth-order valence-corrected chi connectivity index (χ4v) is 4.86. The summed E-state index contributed by atoms with van der Waals surface area (Å²) < 4.78 is 90.3. The second-order valence-corrected chi connectivity index (χ2v) is 13.0. The van der Waals surface area contributed by atoms with Crippen LogP contribution in [-0.2, 0) is 0 Å². The Morgan fingerprint density at radius 2 is 1.14 bits per heavy atom. The van der Waals surface area contributed by atoms with Gasteiger partial charge in [-0.15, -0.1) is 0 Å². The second-order valence-electron chi connectivity index (χ2n) is 13.0. The Balaban J connectivity index is 0.000000392. The molecule has 2 N–H and O–H groups in total.